The normalized spacial score (nSPS) is 22.8. The van der Waals surface area contributed by atoms with Crippen LogP contribution in [0.2, 0.25) is 5.02 Å². The van der Waals surface area contributed by atoms with E-state index >= 15 is 0 Å². The summed E-state index contributed by atoms with van der Waals surface area (Å²) in [5.74, 6) is 0.671. The first kappa shape index (κ1) is 26.5. The molecule has 192 valence electrons. The zero-order valence-corrected chi connectivity index (χ0v) is 22.1. The summed E-state index contributed by atoms with van der Waals surface area (Å²) in [5.41, 5.74) is 1.38. The number of methoxy groups -OCH3 is 1. The van der Waals surface area contributed by atoms with Gasteiger partial charge >= 0.3 is 5.97 Å². The van der Waals surface area contributed by atoms with Gasteiger partial charge in [0, 0.05) is 41.2 Å². The lowest BCUT2D eigenvalue weighted by molar-refractivity contribution is -0.146. The molecule has 1 aromatic carbocycles. The Labute approximate surface area is 217 Å². The third kappa shape index (κ3) is 6.82. The van der Waals surface area contributed by atoms with Crippen molar-refractivity contribution in [1.82, 2.24) is 9.88 Å². The molecule has 35 heavy (non-hydrogen) atoms. The van der Waals surface area contributed by atoms with Crippen molar-refractivity contribution in [2.75, 3.05) is 32.5 Å². The predicted molar refractivity (Wildman–Crippen MR) is 143 cm³/mol. The predicted octanol–water partition coefficient (Wildman–Crippen LogP) is 5.80. The van der Waals surface area contributed by atoms with Crippen molar-refractivity contribution in [3.63, 3.8) is 0 Å². The molecule has 8 heteroatoms. The van der Waals surface area contributed by atoms with Crippen molar-refractivity contribution < 1.29 is 19.7 Å². The summed E-state index contributed by atoms with van der Waals surface area (Å²) in [6, 6.07) is 5.53. The maximum Gasteiger partial charge on any atom is 0.308 e. The quantitative estimate of drug-likeness (QED) is 0.409. The number of rotatable bonds is 10. The number of ether oxygens (including phenoxy) is 1. The molecule has 1 aliphatic heterocycles. The summed E-state index contributed by atoms with van der Waals surface area (Å²) in [4.78, 5) is 18.8. The molecule has 2 heterocycles. The molecule has 0 bridgehead atoms. The number of carboxylic acids is 1. The first-order chi connectivity index (χ1) is 17.0. The van der Waals surface area contributed by atoms with E-state index in [1.807, 2.05) is 18.2 Å². The van der Waals surface area contributed by atoms with Crippen LogP contribution in [0, 0.1) is 11.8 Å². The molecule has 0 spiro atoms. The van der Waals surface area contributed by atoms with Gasteiger partial charge in [0.2, 0.25) is 0 Å². The molecule has 0 radical (unpaired) electrons. The Morgan fingerprint density at radius 1 is 1.29 bits per heavy atom. The summed E-state index contributed by atoms with van der Waals surface area (Å²) < 4.78 is 5.34. The van der Waals surface area contributed by atoms with Crippen LogP contribution >= 0.6 is 23.4 Å². The molecule has 1 saturated heterocycles. The molecule has 2 aliphatic rings. The van der Waals surface area contributed by atoms with Crippen LogP contribution in [0.25, 0.3) is 10.9 Å². The molecule has 2 aromatic rings. The van der Waals surface area contributed by atoms with Gasteiger partial charge in [0.05, 0.1) is 29.7 Å². The van der Waals surface area contributed by atoms with Gasteiger partial charge in [0.25, 0.3) is 0 Å². The van der Waals surface area contributed by atoms with E-state index < -0.39 is 18.0 Å². The topological polar surface area (TPSA) is 82.9 Å². The highest BCUT2D eigenvalue weighted by Crippen LogP contribution is 2.37. The van der Waals surface area contributed by atoms with Crippen LogP contribution in [0.3, 0.4) is 0 Å². The van der Waals surface area contributed by atoms with Gasteiger partial charge in [-0.05, 0) is 62.8 Å². The number of fused-ring (bicyclic) bond motifs is 1. The molecule has 2 N–H and O–H groups in total. The van der Waals surface area contributed by atoms with Crippen molar-refractivity contribution in [2.45, 2.75) is 62.7 Å². The molecular formula is C27H37ClN2O4S. The Morgan fingerprint density at radius 3 is 2.83 bits per heavy atom. The van der Waals surface area contributed by atoms with Crippen LogP contribution in [0.1, 0.15) is 63.0 Å². The van der Waals surface area contributed by atoms with Gasteiger partial charge in [-0.25, -0.2) is 0 Å². The number of carboxylic acid groups (broad SMARTS) is 1. The lowest BCUT2D eigenvalue weighted by Gasteiger charge is -2.37. The maximum absolute atomic E-state index is 12.1. The standard InChI is InChI=1S/C27H37ClN2O4S/c1-34-19-8-9-24-21(15-19)26(23(28)16-29-24)25(31)10-7-18-11-12-30(17-22(18)27(32)33)13-14-35-20-5-3-2-4-6-20/h8-9,15-16,18,20,22,25,31H,2-7,10-14,17H2,1H3,(H,32,33)/t18-,22+,25-/m0/s1. The van der Waals surface area contributed by atoms with E-state index in [0.29, 0.717) is 35.7 Å². The Kier molecular flexibility index (Phi) is 9.56. The van der Waals surface area contributed by atoms with Crippen molar-refractivity contribution in [3.05, 3.63) is 35.0 Å². The SMILES string of the molecule is COc1ccc2ncc(Cl)c([C@@H](O)CC[C@H]3CCN(CCSC4CCCCC4)C[C@H]3C(=O)O)c2c1. The fraction of sp³-hybridized carbons (Fsp3) is 0.630. The summed E-state index contributed by atoms with van der Waals surface area (Å²) in [6.07, 6.45) is 9.46. The average Bonchev–Trinajstić information content (AvgIpc) is 2.87. The van der Waals surface area contributed by atoms with E-state index in [4.69, 9.17) is 16.3 Å². The number of aliphatic carboxylic acids is 1. The second kappa shape index (κ2) is 12.6. The fourth-order valence-electron chi connectivity index (χ4n) is 5.63. The Bertz CT molecular complexity index is 1000. The molecule has 2 fully saturated rings. The van der Waals surface area contributed by atoms with Crippen molar-refractivity contribution >= 4 is 40.2 Å². The molecule has 6 nitrogen and oxygen atoms in total. The monoisotopic (exact) mass is 520 g/mol. The van der Waals surface area contributed by atoms with Crippen molar-refractivity contribution in [2.24, 2.45) is 11.8 Å². The van der Waals surface area contributed by atoms with Crippen molar-refractivity contribution in [3.8, 4) is 5.75 Å². The number of nitrogens with zero attached hydrogens (tertiary/aromatic N) is 2. The van der Waals surface area contributed by atoms with Gasteiger partial charge in [-0.1, -0.05) is 30.9 Å². The number of likely N-dealkylation sites (tertiary alicyclic amines) is 1. The molecule has 4 rings (SSSR count). The van der Waals surface area contributed by atoms with Gasteiger partial charge in [-0.2, -0.15) is 11.8 Å². The van der Waals surface area contributed by atoms with E-state index in [1.54, 1.807) is 13.3 Å². The number of thioether (sulfide) groups is 1. The van der Waals surface area contributed by atoms with E-state index in [0.717, 1.165) is 41.4 Å². The number of halogens is 1. The third-order valence-corrected chi connectivity index (χ3v) is 9.35. The molecule has 0 unspecified atom stereocenters. The molecular weight excluding hydrogens is 484 g/mol. The zero-order valence-electron chi connectivity index (χ0n) is 20.5. The minimum atomic E-state index is -0.792. The molecule has 1 aromatic heterocycles. The van der Waals surface area contributed by atoms with Gasteiger partial charge in [0.15, 0.2) is 0 Å². The minimum absolute atomic E-state index is 0.0470. The number of aliphatic hydroxyl groups is 1. The van der Waals surface area contributed by atoms with E-state index in [2.05, 4.69) is 21.6 Å². The number of pyridine rings is 1. The number of aromatic nitrogens is 1. The summed E-state index contributed by atoms with van der Waals surface area (Å²) in [5, 5.41) is 23.0. The van der Waals surface area contributed by atoms with Gasteiger partial charge in [-0.15, -0.1) is 0 Å². The highest BCUT2D eigenvalue weighted by atomic mass is 35.5. The number of hydrogen-bond donors (Lipinski definition) is 2. The van der Waals surface area contributed by atoms with Gasteiger partial charge in [0.1, 0.15) is 5.75 Å². The minimum Gasteiger partial charge on any atom is -0.497 e. The first-order valence-electron chi connectivity index (χ1n) is 12.8. The second-order valence-corrected chi connectivity index (χ2v) is 11.7. The van der Waals surface area contributed by atoms with Crippen LogP contribution < -0.4 is 4.74 Å². The molecule has 1 aliphatic carbocycles. The maximum atomic E-state index is 12.1. The second-order valence-electron chi connectivity index (χ2n) is 9.92. The number of benzene rings is 1. The molecule has 3 atom stereocenters. The van der Waals surface area contributed by atoms with Crippen LogP contribution in [-0.4, -0.2) is 63.8 Å². The summed E-state index contributed by atoms with van der Waals surface area (Å²) in [6.45, 7) is 2.48. The summed E-state index contributed by atoms with van der Waals surface area (Å²) in [7, 11) is 1.60. The largest absolute Gasteiger partial charge is 0.497 e. The average molecular weight is 521 g/mol. The number of hydrogen-bond acceptors (Lipinski definition) is 6. The van der Waals surface area contributed by atoms with E-state index in [-0.39, 0.29) is 5.92 Å². The molecule has 1 saturated carbocycles. The lowest BCUT2D eigenvalue weighted by atomic mass is 9.81. The van der Waals surface area contributed by atoms with Crippen LogP contribution in [-0.2, 0) is 4.79 Å². The Morgan fingerprint density at radius 2 is 2.09 bits per heavy atom. The zero-order chi connectivity index (χ0) is 24.8. The summed E-state index contributed by atoms with van der Waals surface area (Å²) >= 11 is 8.52. The number of piperidine rings is 1. The van der Waals surface area contributed by atoms with E-state index in [9.17, 15) is 15.0 Å². The van der Waals surface area contributed by atoms with Crippen LogP contribution in [0.15, 0.2) is 24.4 Å². The smallest absolute Gasteiger partial charge is 0.308 e. The Hall–Kier alpha value is -1.54. The van der Waals surface area contributed by atoms with Gasteiger partial charge in [-0.3, -0.25) is 9.78 Å². The molecule has 0 amide bonds. The van der Waals surface area contributed by atoms with Gasteiger partial charge < -0.3 is 19.8 Å². The highest BCUT2D eigenvalue weighted by molar-refractivity contribution is 7.99. The van der Waals surface area contributed by atoms with E-state index in [1.165, 1.54) is 32.1 Å². The van der Waals surface area contributed by atoms with Crippen molar-refractivity contribution in [1.29, 1.82) is 0 Å². The Balaban J connectivity index is 1.34. The van der Waals surface area contributed by atoms with Crippen LogP contribution in [0.4, 0.5) is 0 Å². The first-order valence-corrected chi connectivity index (χ1v) is 14.3. The third-order valence-electron chi connectivity index (χ3n) is 7.68. The fourth-order valence-corrected chi connectivity index (χ4v) is 7.27. The number of carbonyl (C=O) groups is 1. The number of aliphatic hydroxyl groups excluding tert-OH is 1. The van der Waals surface area contributed by atoms with Crippen LogP contribution in [0.5, 0.6) is 5.75 Å². The highest BCUT2D eigenvalue weighted by Gasteiger charge is 2.34. The lowest BCUT2D eigenvalue weighted by Crippen LogP contribution is -2.44.